The Hall–Kier alpha value is -1.61. The first-order valence-electron chi connectivity index (χ1n) is 4.73. The van der Waals surface area contributed by atoms with Gasteiger partial charge in [-0.3, -0.25) is 9.36 Å². The Morgan fingerprint density at radius 3 is 2.62 bits per heavy atom. The van der Waals surface area contributed by atoms with Gasteiger partial charge < -0.3 is 0 Å². The fourth-order valence-corrected chi connectivity index (χ4v) is 1.82. The van der Waals surface area contributed by atoms with Crippen molar-refractivity contribution in [3.8, 4) is 5.69 Å². The van der Waals surface area contributed by atoms with Gasteiger partial charge in [-0.05, 0) is 31.2 Å². The van der Waals surface area contributed by atoms with E-state index in [4.69, 9.17) is 11.6 Å². The zero-order chi connectivity index (χ0) is 11.7. The molecule has 0 aliphatic heterocycles. The lowest BCUT2D eigenvalue weighted by atomic mass is 10.2. The van der Waals surface area contributed by atoms with Crippen LogP contribution in [0.25, 0.3) is 5.69 Å². The Morgan fingerprint density at radius 2 is 2.00 bits per heavy atom. The summed E-state index contributed by atoms with van der Waals surface area (Å²) in [6.45, 7) is 1.79. The number of halogens is 2. The number of hydrogen-bond donors (Lipinski definition) is 0. The molecule has 2 nitrogen and oxygen atoms in total. The van der Waals surface area contributed by atoms with Gasteiger partial charge in [0, 0.05) is 11.8 Å². The van der Waals surface area contributed by atoms with Crippen molar-refractivity contribution in [1.82, 2.24) is 4.57 Å². The minimum Gasteiger partial charge on any atom is -0.280 e. The highest BCUT2D eigenvalue weighted by Crippen LogP contribution is 2.21. The summed E-state index contributed by atoms with van der Waals surface area (Å²) in [5.74, 6) is -0.421. The number of benzene rings is 1. The topological polar surface area (TPSA) is 22.0 Å². The maximum Gasteiger partial charge on any atom is 0.255 e. The Morgan fingerprint density at radius 1 is 1.25 bits per heavy atom. The normalized spacial score (nSPS) is 10.4. The van der Waals surface area contributed by atoms with Crippen LogP contribution in [0.4, 0.5) is 4.39 Å². The van der Waals surface area contributed by atoms with Crippen molar-refractivity contribution in [3.05, 3.63) is 63.3 Å². The second kappa shape index (κ2) is 4.10. The van der Waals surface area contributed by atoms with Crippen LogP contribution < -0.4 is 5.56 Å². The zero-order valence-corrected chi connectivity index (χ0v) is 9.33. The highest BCUT2D eigenvalue weighted by molar-refractivity contribution is 6.32. The number of nitrogens with zero attached hydrogens (tertiary/aromatic N) is 1. The summed E-state index contributed by atoms with van der Waals surface area (Å²) in [6.07, 6.45) is 0. The molecule has 1 heterocycles. The van der Waals surface area contributed by atoms with Gasteiger partial charge in [0.2, 0.25) is 0 Å². The van der Waals surface area contributed by atoms with Gasteiger partial charge in [-0.25, -0.2) is 4.39 Å². The van der Waals surface area contributed by atoms with E-state index in [0.717, 1.165) is 5.69 Å². The molecule has 0 atom stereocenters. The Kier molecular flexibility index (Phi) is 2.79. The van der Waals surface area contributed by atoms with Crippen LogP contribution in [0.3, 0.4) is 0 Å². The van der Waals surface area contributed by atoms with Crippen molar-refractivity contribution in [2.24, 2.45) is 0 Å². The van der Waals surface area contributed by atoms with E-state index in [1.54, 1.807) is 19.1 Å². The van der Waals surface area contributed by atoms with Gasteiger partial charge in [0.25, 0.3) is 5.56 Å². The molecule has 0 saturated carbocycles. The molecule has 0 bridgehead atoms. The van der Waals surface area contributed by atoms with Crippen molar-refractivity contribution in [2.75, 3.05) is 0 Å². The van der Waals surface area contributed by atoms with Crippen LogP contribution in [0, 0.1) is 12.7 Å². The third-order valence-electron chi connectivity index (χ3n) is 2.30. The molecule has 2 rings (SSSR count). The lowest BCUT2D eigenvalue weighted by Crippen LogP contribution is -2.19. The van der Waals surface area contributed by atoms with Crippen LogP contribution in [0.2, 0.25) is 5.02 Å². The summed E-state index contributed by atoms with van der Waals surface area (Å²) in [4.78, 5) is 11.7. The monoisotopic (exact) mass is 237 g/mol. The molecule has 0 radical (unpaired) electrons. The van der Waals surface area contributed by atoms with E-state index in [2.05, 4.69) is 0 Å². The Bertz CT molecular complexity index is 592. The molecule has 0 aliphatic rings. The number of hydrogen-bond acceptors (Lipinski definition) is 1. The van der Waals surface area contributed by atoms with Crippen LogP contribution >= 0.6 is 11.6 Å². The smallest absolute Gasteiger partial charge is 0.255 e. The van der Waals surface area contributed by atoms with Gasteiger partial charge in [-0.2, -0.15) is 0 Å². The summed E-state index contributed by atoms with van der Waals surface area (Å²) in [5, 5.41) is 0.219. The van der Waals surface area contributed by atoms with E-state index in [9.17, 15) is 9.18 Å². The van der Waals surface area contributed by atoms with E-state index in [1.807, 2.05) is 0 Å². The first-order chi connectivity index (χ1) is 7.59. The summed E-state index contributed by atoms with van der Waals surface area (Å²) in [5.41, 5.74) is 1.06. The quantitative estimate of drug-likeness (QED) is 0.748. The highest BCUT2D eigenvalue weighted by atomic mass is 35.5. The zero-order valence-electron chi connectivity index (χ0n) is 8.58. The molecule has 1 aromatic carbocycles. The molecule has 0 spiro atoms. The molecule has 1 aromatic heterocycles. The van der Waals surface area contributed by atoms with Crippen LogP contribution in [0.5, 0.6) is 0 Å². The van der Waals surface area contributed by atoms with Crippen molar-refractivity contribution < 1.29 is 4.39 Å². The largest absolute Gasteiger partial charge is 0.280 e. The summed E-state index contributed by atoms with van der Waals surface area (Å²) in [7, 11) is 0. The predicted octanol–water partition coefficient (Wildman–Crippen LogP) is 2.94. The van der Waals surface area contributed by atoms with Gasteiger partial charge >= 0.3 is 0 Å². The molecule has 4 heteroatoms. The third kappa shape index (κ3) is 1.86. The van der Waals surface area contributed by atoms with Crippen LogP contribution in [-0.2, 0) is 0 Å². The lowest BCUT2D eigenvalue weighted by molar-refractivity contribution is 0.627. The molecule has 82 valence electrons. The molecule has 0 aliphatic carbocycles. The fourth-order valence-electron chi connectivity index (χ4n) is 1.56. The van der Waals surface area contributed by atoms with Crippen LogP contribution in [0.1, 0.15) is 5.69 Å². The molecule has 0 saturated heterocycles. The average molecular weight is 238 g/mol. The lowest BCUT2D eigenvalue weighted by Gasteiger charge is -2.10. The number of rotatable bonds is 1. The molecular formula is C12H9ClFNO. The van der Waals surface area contributed by atoms with Crippen molar-refractivity contribution in [2.45, 2.75) is 6.92 Å². The van der Waals surface area contributed by atoms with E-state index >= 15 is 0 Å². The maximum atomic E-state index is 12.9. The van der Waals surface area contributed by atoms with E-state index in [-0.39, 0.29) is 10.6 Å². The third-order valence-corrected chi connectivity index (χ3v) is 2.60. The summed E-state index contributed by atoms with van der Waals surface area (Å²) < 4.78 is 14.3. The Balaban J connectivity index is 2.73. The Labute approximate surface area is 96.9 Å². The molecule has 2 aromatic rings. The number of aromatic nitrogens is 1. The van der Waals surface area contributed by atoms with Crippen LogP contribution in [0.15, 0.2) is 41.2 Å². The number of aryl methyl sites for hydroxylation is 1. The minimum absolute atomic E-state index is 0.187. The molecular weight excluding hydrogens is 229 g/mol. The second-order valence-electron chi connectivity index (χ2n) is 3.44. The van der Waals surface area contributed by atoms with Crippen LogP contribution in [-0.4, -0.2) is 4.57 Å². The highest BCUT2D eigenvalue weighted by Gasteiger charge is 2.07. The number of pyridine rings is 1. The molecule has 16 heavy (non-hydrogen) atoms. The second-order valence-corrected chi connectivity index (χ2v) is 3.84. The average Bonchev–Trinajstić information content (AvgIpc) is 2.20. The van der Waals surface area contributed by atoms with Crippen molar-refractivity contribution in [1.29, 1.82) is 0 Å². The standard InChI is InChI=1S/C12H9ClFNO/c1-8-3-2-4-12(16)15(8)11-6-5-9(14)7-10(11)13/h2-7H,1H3. The first-order valence-corrected chi connectivity index (χ1v) is 5.11. The van der Waals surface area contributed by atoms with E-state index in [0.29, 0.717) is 5.69 Å². The SMILES string of the molecule is Cc1cccc(=O)n1-c1ccc(F)cc1Cl. The van der Waals surface area contributed by atoms with Gasteiger partial charge in [0.1, 0.15) is 5.82 Å². The molecule has 0 N–H and O–H groups in total. The van der Waals surface area contributed by atoms with Gasteiger partial charge in [0.05, 0.1) is 10.7 Å². The summed E-state index contributed by atoms with van der Waals surface area (Å²) >= 11 is 5.91. The van der Waals surface area contributed by atoms with E-state index in [1.165, 1.54) is 28.8 Å². The van der Waals surface area contributed by atoms with E-state index < -0.39 is 5.82 Å². The summed E-state index contributed by atoms with van der Waals surface area (Å²) in [6, 6.07) is 8.86. The van der Waals surface area contributed by atoms with Crippen molar-refractivity contribution >= 4 is 11.6 Å². The van der Waals surface area contributed by atoms with Gasteiger partial charge in [-0.15, -0.1) is 0 Å². The fraction of sp³-hybridized carbons (Fsp3) is 0.0833. The first kappa shape index (κ1) is 10.9. The molecule has 0 amide bonds. The van der Waals surface area contributed by atoms with Crippen molar-refractivity contribution in [3.63, 3.8) is 0 Å². The molecule has 0 fully saturated rings. The molecule has 0 unspecified atom stereocenters. The minimum atomic E-state index is -0.421. The maximum absolute atomic E-state index is 12.9. The predicted molar refractivity (Wildman–Crippen MR) is 61.7 cm³/mol. The van der Waals surface area contributed by atoms with Gasteiger partial charge in [-0.1, -0.05) is 17.7 Å². The van der Waals surface area contributed by atoms with Gasteiger partial charge in [0.15, 0.2) is 0 Å².